The molecule has 4 rings (SSSR count). The van der Waals surface area contributed by atoms with Crippen LogP contribution in [-0.2, 0) is 17.0 Å². The third-order valence-corrected chi connectivity index (χ3v) is 7.12. The first-order valence-electron chi connectivity index (χ1n) is 12.0. The maximum Gasteiger partial charge on any atom is 0.281 e. The van der Waals surface area contributed by atoms with E-state index in [1.807, 2.05) is 25.1 Å². The van der Waals surface area contributed by atoms with E-state index in [-0.39, 0.29) is 6.61 Å². The minimum absolute atomic E-state index is 0.247. The van der Waals surface area contributed by atoms with Gasteiger partial charge in [-0.15, -0.1) is 0 Å². The Kier molecular flexibility index (Phi) is 9.64. The molecule has 0 fully saturated rings. The Morgan fingerprint density at radius 1 is 0.949 bits per heavy atom. The number of nitrogens with one attached hydrogen (secondary N) is 1. The maximum absolute atomic E-state index is 13.3. The lowest BCUT2D eigenvalue weighted by molar-refractivity contribution is -0.136. The van der Waals surface area contributed by atoms with Crippen LogP contribution >= 0.6 is 39.1 Å². The topological polar surface area (TPSA) is 80.2 Å². The molecule has 0 spiro atoms. The average molecular weight is 628 g/mol. The molecule has 2 N–H and O–H groups in total. The van der Waals surface area contributed by atoms with Gasteiger partial charge >= 0.3 is 0 Å². The van der Waals surface area contributed by atoms with Crippen LogP contribution in [0, 0.1) is 0 Å². The van der Waals surface area contributed by atoms with Gasteiger partial charge in [0, 0.05) is 0 Å². The summed E-state index contributed by atoms with van der Waals surface area (Å²) in [5.41, 5.74) is 2.88. The van der Waals surface area contributed by atoms with Gasteiger partial charge in [0.15, 0.2) is 17.1 Å². The van der Waals surface area contributed by atoms with Gasteiger partial charge in [0.25, 0.3) is 5.91 Å². The third-order valence-electron chi connectivity index (χ3n) is 5.79. The summed E-state index contributed by atoms with van der Waals surface area (Å²) >= 11 is 15.7. The average Bonchev–Trinajstić information content (AvgIpc) is 2.95. The first kappa shape index (κ1) is 28.6. The highest BCUT2D eigenvalue weighted by molar-refractivity contribution is 9.10. The lowest BCUT2D eigenvalue weighted by Gasteiger charge is -2.27. The Balaban J connectivity index is 1.54. The molecular formula is C30H25BrCl2N2O4. The quantitative estimate of drug-likeness (QED) is 0.145. The lowest BCUT2D eigenvalue weighted by atomic mass is 9.85. The van der Waals surface area contributed by atoms with Crippen LogP contribution in [-0.4, -0.2) is 23.8 Å². The van der Waals surface area contributed by atoms with Crippen molar-refractivity contribution in [3.8, 4) is 11.5 Å². The van der Waals surface area contributed by atoms with Gasteiger partial charge in [-0.25, -0.2) is 5.43 Å². The summed E-state index contributed by atoms with van der Waals surface area (Å²) in [4.78, 5) is 13.3. The number of hydrazone groups is 1. The Hall–Kier alpha value is -3.36. The minimum Gasteiger partial charge on any atom is -0.490 e. The summed E-state index contributed by atoms with van der Waals surface area (Å²) < 4.78 is 12.4. The zero-order valence-corrected chi connectivity index (χ0v) is 24.0. The number of carbonyl (C=O) groups excluding carboxylic acids is 1. The molecule has 0 unspecified atom stereocenters. The molecule has 0 saturated heterocycles. The van der Waals surface area contributed by atoms with Crippen molar-refractivity contribution in [2.45, 2.75) is 19.1 Å². The molecule has 0 aromatic heterocycles. The molecule has 0 radical (unpaired) electrons. The standard InChI is InChI=1S/C30H25BrCl2N2O4/c1-2-38-27-17-21(15-24(31)28(27)39-19-20-13-14-25(32)26(33)16-20)18-34-35-29(36)30(37,22-9-5-3-6-10-22)23-11-7-4-8-12-23/h3-18,37H,2,19H2,1H3,(H,35,36)/b34-18-. The van der Waals surface area contributed by atoms with Crippen LogP contribution in [0.25, 0.3) is 0 Å². The fraction of sp³-hybridized carbons (Fsp3) is 0.133. The van der Waals surface area contributed by atoms with E-state index in [1.165, 1.54) is 6.21 Å². The highest BCUT2D eigenvalue weighted by Gasteiger charge is 2.39. The van der Waals surface area contributed by atoms with Gasteiger partial charge in [0.1, 0.15) is 6.61 Å². The Bertz CT molecular complexity index is 1430. The van der Waals surface area contributed by atoms with Crippen molar-refractivity contribution in [1.82, 2.24) is 5.43 Å². The van der Waals surface area contributed by atoms with Crippen molar-refractivity contribution >= 4 is 51.3 Å². The molecular weight excluding hydrogens is 603 g/mol. The number of aliphatic hydroxyl groups is 1. The van der Waals surface area contributed by atoms with Crippen molar-refractivity contribution in [3.05, 3.63) is 128 Å². The van der Waals surface area contributed by atoms with E-state index in [0.29, 0.717) is 49.3 Å². The van der Waals surface area contributed by atoms with Crippen molar-refractivity contribution in [1.29, 1.82) is 0 Å². The molecule has 6 nitrogen and oxygen atoms in total. The van der Waals surface area contributed by atoms with Crippen LogP contribution < -0.4 is 14.9 Å². The van der Waals surface area contributed by atoms with E-state index in [0.717, 1.165) is 5.56 Å². The smallest absolute Gasteiger partial charge is 0.281 e. The number of benzene rings is 4. The van der Waals surface area contributed by atoms with Crippen LogP contribution in [0.1, 0.15) is 29.2 Å². The monoisotopic (exact) mass is 626 g/mol. The molecule has 0 bridgehead atoms. The maximum atomic E-state index is 13.3. The number of hydrogen-bond donors (Lipinski definition) is 2. The fourth-order valence-corrected chi connectivity index (χ4v) is 4.78. The summed E-state index contributed by atoms with van der Waals surface area (Å²) in [6, 6.07) is 26.3. The zero-order chi connectivity index (χ0) is 27.8. The second-order valence-corrected chi connectivity index (χ2v) is 10.1. The van der Waals surface area contributed by atoms with E-state index in [2.05, 4.69) is 26.5 Å². The molecule has 9 heteroatoms. The van der Waals surface area contributed by atoms with E-state index in [1.54, 1.807) is 72.8 Å². The molecule has 0 atom stereocenters. The molecule has 0 heterocycles. The fourth-order valence-electron chi connectivity index (χ4n) is 3.88. The zero-order valence-electron chi connectivity index (χ0n) is 20.9. The Labute approximate surface area is 245 Å². The van der Waals surface area contributed by atoms with Crippen molar-refractivity contribution in [2.75, 3.05) is 6.61 Å². The van der Waals surface area contributed by atoms with E-state index in [9.17, 15) is 9.90 Å². The highest BCUT2D eigenvalue weighted by atomic mass is 79.9. The van der Waals surface area contributed by atoms with Gasteiger partial charge in [-0.3, -0.25) is 4.79 Å². The van der Waals surface area contributed by atoms with Gasteiger partial charge in [-0.05, 0) is 69.4 Å². The summed E-state index contributed by atoms with van der Waals surface area (Å²) in [6.07, 6.45) is 1.46. The first-order chi connectivity index (χ1) is 18.8. The van der Waals surface area contributed by atoms with Crippen LogP contribution in [0.4, 0.5) is 0 Å². The highest BCUT2D eigenvalue weighted by Crippen LogP contribution is 2.37. The molecule has 1 amide bonds. The Morgan fingerprint density at radius 2 is 1.59 bits per heavy atom. The molecule has 0 aliphatic rings. The molecule has 200 valence electrons. The van der Waals surface area contributed by atoms with Crippen molar-refractivity contribution < 1.29 is 19.4 Å². The number of amides is 1. The normalized spacial score (nSPS) is 11.4. The molecule has 4 aromatic carbocycles. The number of nitrogens with zero attached hydrogens (tertiary/aromatic N) is 1. The number of halogens is 3. The molecule has 0 saturated carbocycles. The van der Waals surface area contributed by atoms with Crippen LogP contribution in [0.3, 0.4) is 0 Å². The second kappa shape index (κ2) is 13.1. The van der Waals surface area contributed by atoms with E-state index < -0.39 is 11.5 Å². The molecule has 0 aliphatic heterocycles. The predicted octanol–water partition coefficient (Wildman–Crippen LogP) is 7.12. The molecule has 0 aliphatic carbocycles. The summed E-state index contributed by atoms with van der Waals surface area (Å²) in [5.74, 6) is 0.304. The summed E-state index contributed by atoms with van der Waals surface area (Å²) in [6.45, 7) is 2.52. The molecule has 4 aromatic rings. The number of ether oxygens (including phenoxy) is 2. The van der Waals surface area contributed by atoms with Gasteiger partial charge in [0.2, 0.25) is 0 Å². The number of carbonyl (C=O) groups is 1. The van der Waals surface area contributed by atoms with Crippen molar-refractivity contribution in [2.24, 2.45) is 5.10 Å². The first-order valence-corrected chi connectivity index (χ1v) is 13.6. The van der Waals surface area contributed by atoms with E-state index >= 15 is 0 Å². The van der Waals surface area contributed by atoms with Crippen LogP contribution in [0.5, 0.6) is 11.5 Å². The summed E-state index contributed by atoms with van der Waals surface area (Å²) in [5, 5.41) is 16.6. The van der Waals surface area contributed by atoms with Crippen LogP contribution in [0.2, 0.25) is 10.0 Å². The largest absolute Gasteiger partial charge is 0.490 e. The van der Waals surface area contributed by atoms with Crippen LogP contribution in [0.15, 0.2) is 101 Å². The van der Waals surface area contributed by atoms with E-state index in [4.69, 9.17) is 32.7 Å². The molecule has 39 heavy (non-hydrogen) atoms. The van der Waals surface area contributed by atoms with Gasteiger partial charge in [-0.2, -0.15) is 5.10 Å². The summed E-state index contributed by atoms with van der Waals surface area (Å²) in [7, 11) is 0. The SMILES string of the molecule is CCOc1cc(/C=N\NC(=O)C(O)(c2ccccc2)c2ccccc2)cc(Br)c1OCc1ccc(Cl)c(Cl)c1. The number of rotatable bonds is 10. The van der Waals surface area contributed by atoms with Crippen molar-refractivity contribution in [3.63, 3.8) is 0 Å². The third kappa shape index (κ3) is 6.81. The minimum atomic E-state index is -1.93. The number of hydrogen-bond acceptors (Lipinski definition) is 5. The van der Waals surface area contributed by atoms with Gasteiger partial charge in [-0.1, -0.05) is 89.9 Å². The predicted molar refractivity (Wildman–Crippen MR) is 158 cm³/mol. The lowest BCUT2D eigenvalue weighted by Crippen LogP contribution is -2.43. The Morgan fingerprint density at radius 3 is 2.18 bits per heavy atom. The van der Waals surface area contributed by atoms with Gasteiger partial charge in [0.05, 0.1) is 27.3 Å². The second-order valence-electron chi connectivity index (χ2n) is 8.44. The van der Waals surface area contributed by atoms with Gasteiger partial charge < -0.3 is 14.6 Å².